The van der Waals surface area contributed by atoms with E-state index in [9.17, 15) is 14.7 Å². The normalized spacial score (nSPS) is 16.9. The van der Waals surface area contributed by atoms with Gasteiger partial charge < -0.3 is 36.4 Å². The summed E-state index contributed by atoms with van der Waals surface area (Å²) in [6.07, 6.45) is 2.99. The number of ether oxygens (including phenoxy) is 1. The summed E-state index contributed by atoms with van der Waals surface area (Å²) in [5.74, 6) is 0.384. The van der Waals surface area contributed by atoms with E-state index in [0.717, 1.165) is 65.9 Å². The van der Waals surface area contributed by atoms with Gasteiger partial charge in [-0.2, -0.15) is 0 Å². The van der Waals surface area contributed by atoms with Gasteiger partial charge in [0.05, 0.1) is 25.0 Å². The van der Waals surface area contributed by atoms with Gasteiger partial charge >= 0.3 is 0 Å². The number of anilines is 2. The molecule has 2 fully saturated rings. The summed E-state index contributed by atoms with van der Waals surface area (Å²) in [5, 5.41) is 15.1. The van der Waals surface area contributed by atoms with Gasteiger partial charge in [-0.3, -0.25) is 9.59 Å². The Morgan fingerprint density at radius 2 is 1.85 bits per heavy atom. The Labute approximate surface area is 245 Å². The number of carbonyl (C=O) groups is 2. The van der Waals surface area contributed by atoms with Crippen LogP contribution in [0.5, 0.6) is 0 Å². The van der Waals surface area contributed by atoms with E-state index in [2.05, 4.69) is 23.2 Å². The molecule has 4 heterocycles. The molecule has 222 valence electrons. The summed E-state index contributed by atoms with van der Waals surface area (Å²) in [6, 6.07) is 9.63. The highest BCUT2D eigenvalue weighted by atomic mass is 32.1. The van der Waals surface area contributed by atoms with E-state index in [1.165, 1.54) is 11.3 Å². The highest BCUT2D eigenvalue weighted by Crippen LogP contribution is 2.37. The Morgan fingerprint density at radius 3 is 2.49 bits per heavy atom. The molecule has 1 aromatic carbocycles. The van der Waals surface area contributed by atoms with Gasteiger partial charge in [0.15, 0.2) is 0 Å². The zero-order valence-electron chi connectivity index (χ0n) is 22.9. The molecule has 2 saturated heterocycles. The van der Waals surface area contributed by atoms with Crippen LogP contribution >= 0.6 is 11.3 Å². The molecule has 41 heavy (non-hydrogen) atoms. The second-order valence-corrected chi connectivity index (χ2v) is 11.5. The number of fused-ring (bicyclic) bond motifs is 1. The third-order valence-electron chi connectivity index (χ3n) is 7.77. The van der Waals surface area contributed by atoms with Crippen molar-refractivity contribution in [2.45, 2.75) is 52.2 Å². The van der Waals surface area contributed by atoms with Gasteiger partial charge in [-0.15, -0.1) is 11.3 Å². The lowest BCUT2D eigenvalue weighted by Crippen LogP contribution is -2.44. The molecule has 1 unspecified atom stereocenters. The number of thiophene rings is 1. The van der Waals surface area contributed by atoms with Crippen molar-refractivity contribution in [2.24, 2.45) is 5.73 Å². The van der Waals surface area contributed by atoms with E-state index in [0.29, 0.717) is 49.0 Å². The third kappa shape index (κ3) is 6.81. The number of rotatable bonds is 9. The predicted molar refractivity (Wildman–Crippen MR) is 165 cm³/mol. The number of morpholine rings is 1. The maximum atomic E-state index is 12.7. The van der Waals surface area contributed by atoms with Gasteiger partial charge in [0.2, 0.25) is 0 Å². The van der Waals surface area contributed by atoms with Crippen LogP contribution < -0.4 is 21.7 Å². The number of carbonyl (C=O) groups excluding carboxylic acids is 2. The van der Waals surface area contributed by atoms with Crippen molar-refractivity contribution >= 4 is 44.9 Å². The standard InChI is InChI=1S/C29H38N6O4S.CH4/c1-2-3-20-16-23(33-28-24(20)25(30)26(40-28)27(31)37)34-10-8-21(9-11-34)32-17-22(36)18-4-6-19(7-5-18)29(38)35-12-14-39-15-13-35;/h4-7,16,21-22,32,36H,2-3,8-15,17,30H2,1H3,(H2,31,37);1H4. The topological polar surface area (TPSA) is 147 Å². The van der Waals surface area contributed by atoms with Gasteiger partial charge in [-0.1, -0.05) is 32.9 Å². The number of nitrogens with zero attached hydrogens (tertiary/aromatic N) is 3. The number of benzene rings is 1. The number of aliphatic hydroxyl groups excluding tert-OH is 1. The van der Waals surface area contributed by atoms with Crippen molar-refractivity contribution < 1.29 is 19.4 Å². The van der Waals surface area contributed by atoms with Crippen molar-refractivity contribution in [1.82, 2.24) is 15.2 Å². The van der Waals surface area contributed by atoms with E-state index in [4.69, 9.17) is 21.2 Å². The van der Waals surface area contributed by atoms with Crippen molar-refractivity contribution in [3.63, 3.8) is 0 Å². The SMILES string of the molecule is C.CCCc1cc(N2CCC(NCC(O)c3ccc(C(=O)N4CCOCC4)cc3)CC2)nc2sc(C(N)=O)c(N)c12. The molecule has 0 spiro atoms. The number of piperidine rings is 1. The molecule has 10 nitrogen and oxygen atoms in total. The minimum Gasteiger partial charge on any atom is -0.397 e. The second-order valence-electron chi connectivity index (χ2n) is 10.5. The van der Waals surface area contributed by atoms with Crippen LogP contribution in [0.4, 0.5) is 11.5 Å². The van der Waals surface area contributed by atoms with Crippen molar-refractivity contribution in [1.29, 1.82) is 0 Å². The first-order valence-electron chi connectivity index (χ1n) is 14.0. The van der Waals surface area contributed by atoms with Crippen LogP contribution in [0.2, 0.25) is 0 Å². The number of aryl methyl sites for hydroxylation is 1. The summed E-state index contributed by atoms with van der Waals surface area (Å²) in [5.41, 5.74) is 14.8. The van der Waals surface area contributed by atoms with Crippen LogP contribution in [0.3, 0.4) is 0 Å². The molecule has 1 atom stereocenters. The average molecular weight is 583 g/mol. The van der Waals surface area contributed by atoms with E-state index >= 15 is 0 Å². The van der Waals surface area contributed by atoms with Crippen molar-refractivity contribution in [3.05, 3.63) is 51.9 Å². The van der Waals surface area contributed by atoms with Crippen LogP contribution in [0.15, 0.2) is 30.3 Å². The lowest BCUT2D eigenvalue weighted by atomic mass is 10.0. The summed E-state index contributed by atoms with van der Waals surface area (Å²) in [6.45, 7) is 6.58. The number of amides is 2. The molecule has 2 amide bonds. The fourth-order valence-corrected chi connectivity index (χ4v) is 6.49. The fraction of sp³-hybridized carbons (Fsp3) is 0.500. The quantitative estimate of drug-likeness (QED) is 0.300. The van der Waals surface area contributed by atoms with E-state index in [1.54, 1.807) is 17.0 Å². The number of hydrogen-bond acceptors (Lipinski definition) is 9. The van der Waals surface area contributed by atoms with E-state index in [1.807, 2.05) is 12.1 Å². The van der Waals surface area contributed by atoms with Gasteiger partial charge in [-0.25, -0.2) is 4.98 Å². The molecule has 2 aliphatic heterocycles. The number of aromatic nitrogens is 1. The largest absolute Gasteiger partial charge is 0.397 e. The summed E-state index contributed by atoms with van der Waals surface area (Å²) in [4.78, 5) is 34.6. The smallest absolute Gasteiger partial charge is 0.260 e. The number of nitrogens with two attached hydrogens (primary N) is 2. The van der Waals surface area contributed by atoms with Crippen LogP contribution in [-0.2, 0) is 11.2 Å². The number of hydrogen-bond donors (Lipinski definition) is 4. The maximum Gasteiger partial charge on any atom is 0.260 e. The summed E-state index contributed by atoms with van der Waals surface area (Å²) < 4.78 is 5.32. The van der Waals surface area contributed by atoms with Crippen LogP contribution in [-0.4, -0.2) is 78.8 Å². The number of nitrogen functional groups attached to an aromatic ring is 1. The Kier molecular flexibility index (Phi) is 10.2. The predicted octanol–water partition coefficient (Wildman–Crippen LogP) is 3.33. The molecular weight excluding hydrogens is 540 g/mol. The molecule has 2 aliphatic rings. The van der Waals surface area contributed by atoms with Crippen LogP contribution in [0.25, 0.3) is 10.2 Å². The molecule has 6 N–H and O–H groups in total. The minimum absolute atomic E-state index is 0. The first-order chi connectivity index (χ1) is 19.4. The lowest BCUT2D eigenvalue weighted by Gasteiger charge is -2.34. The monoisotopic (exact) mass is 582 g/mol. The number of primary amides is 1. The lowest BCUT2D eigenvalue weighted by molar-refractivity contribution is 0.0303. The summed E-state index contributed by atoms with van der Waals surface area (Å²) in [7, 11) is 0. The number of pyridine rings is 1. The molecule has 0 bridgehead atoms. The highest BCUT2D eigenvalue weighted by Gasteiger charge is 2.24. The Hall–Kier alpha value is -3.25. The molecular formula is C30H42N6O4S. The molecule has 5 rings (SSSR count). The molecule has 11 heteroatoms. The highest BCUT2D eigenvalue weighted by molar-refractivity contribution is 7.21. The molecule has 2 aromatic heterocycles. The molecule has 0 radical (unpaired) electrons. The van der Waals surface area contributed by atoms with Gasteiger partial charge in [0.25, 0.3) is 11.8 Å². The Balaban J connectivity index is 0.00000387. The Bertz CT molecular complexity index is 1350. The second kappa shape index (κ2) is 13.6. The third-order valence-corrected chi connectivity index (χ3v) is 8.88. The molecule has 3 aromatic rings. The van der Waals surface area contributed by atoms with Gasteiger partial charge in [-0.05, 0) is 48.6 Å². The van der Waals surface area contributed by atoms with Crippen molar-refractivity contribution in [3.8, 4) is 0 Å². The zero-order valence-corrected chi connectivity index (χ0v) is 23.7. The number of nitrogens with one attached hydrogen (secondary N) is 1. The number of aliphatic hydroxyl groups is 1. The van der Waals surface area contributed by atoms with Crippen LogP contribution in [0.1, 0.15) is 70.9 Å². The first kappa shape index (κ1) is 30.7. The minimum atomic E-state index is -0.657. The van der Waals surface area contributed by atoms with Crippen molar-refractivity contribution in [2.75, 3.05) is 56.6 Å². The van der Waals surface area contributed by atoms with Gasteiger partial charge in [0, 0.05) is 49.7 Å². The first-order valence-corrected chi connectivity index (χ1v) is 14.8. The van der Waals surface area contributed by atoms with Gasteiger partial charge in [0.1, 0.15) is 15.5 Å². The molecule has 0 saturated carbocycles. The maximum absolute atomic E-state index is 12.7. The molecule has 0 aliphatic carbocycles. The fourth-order valence-electron chi connectivity index (χ4n) is 5.50. The Morgan fingerprint density at radius 1 is 1.17 bits per heavy atom. The van der Waals surface area contributed by atoms with E-state index < -0.39 is 12.0 Å². The van der Waals surface area contributed by atoms with Crippen LogP contribution in [0, 0.1) is 0 Å². The zero-order chi connectivity index (χ0) is 28.2. The van der Waals surface area contributed by atoms with E-state index in [-0.39, 0.29) is 19.4 Å². The average Bonchev–Trinajstić information content (AvgIpc) is 3.33. The summed E-state index contributed by atoms with van der Waals surface area (Å²) >= 11 is 1.27.